The van der Waals surface area contributed by atoms with E-state index >= 15 is 0 Å². The van der Waals surface area contributed by atoms with Crippen LogP contribution in [0, 0.1) is 12.8 Å². The minimum atomic E-state index is 0.103. The number of piperazine rings is 1. The van der Waals surface area contributed by atoms with E-state index < -0.39 is 0 Å². The molecule has 6 rings (SSSR count). The van der Waals surface area contributed by atoms with Gasteiger partial charge >= 0.3 is 0 Å². The Labute approximate surface area is 235 Å². The molecule has 0 spiro atoms. The predicted molar refractivity (Wildman–Crippen MR) is 154 cm³/mol. The third-order valence-electron chi connectivity index (χ3n) is 6.53. The highest BCUT2D eigenvalue weighted by atomic mass is 32.2. The molecule has 2 aliphatic rings. The van der Waals surface area contributed by atoms with Gasteiger partial charge in [-0.25, -0.2) is 4.98 Å². The lowest BCUT2D eigenvalue weighted by molar-refractivity contribution is -0.117. The molecule has 1 amide bonds. The minimum absolute atomic E-state index is 0.103. The summed E-state index contributed by atoms with van der Waals surface area (Å²) in [5.41, 5.74) is 2.07. The van der Waals surface area contributed by atoms with E-state index in [2.05, 4.69) is 47.5 Å². The Morgan fingerprint density at radius 3 is 2.49 bits per heavy atom. The van der Waals surface area contributed by atoms with Crippen molar-refractivity contribution in [3.63, 3.8) is 0 Å². The van der Waals surface area contributed by atoms with Gasteiger partial charge in [-0.1, -0.05) is 0 Å². The molecule has 2 N–H and O–H groups in total. The molecule has 0 bridgehead atoms. The average Bonchev–Trinajstić information content (AvgIpc) is 3.73. The number of nitrogens with one attached hydrogen (secondary N) is 2. The van der Waals surface area contributed by atoms with Gasteiger partial charge in [0.2, 0.25) is 17.8 Å². The second-order valence-electron chi connectivity index (χ2n) is 9.65. The fourth-order valence-corrected chi connectivity index (χ4v) is 5.65. The van der Waals surface area contributed by atoms with Crippen LogP contribution >= 0.6 is 23.1 Å². The normalized spacial score (nSPS) is 15.8. The third-order valence-corrected chi connectivity index (χ3v) is 8.23. The van der Waals surface area contributed by atoms with Crippen LogP contribution in [0.25, 0.3) is 0 Å². The molecule has 12 heteroatoms. The number of benzene rings is 1. The van der Waals surface area contributed by atoms with Gasteiger partial charge in [-0.05, 0) is 73.5 Å². The van der Waals surface area contributed by atoms with E-state index in [1.807, 2.05) is 49.8 Å². The molecule has 1 saturated carbocycles. The molecule has 2 fully saturated rings. The Morgan fingerprint density at radius 2 is 1.79 bits per heavy atom. The van der Waals surface area contributed by atoms with E-state index in [1.54, 1.807) is 11.3 Å². The molecule has 1 aromatic carbocycles. The number of thiazole rings is 1. The molecule has 200 valence electrons. The van der Waals surface area contributed by atoms with E-state index in [1.165, 1.54) is 17.3 Å². The van der Waals surface area contributed by atoms with Crippen molar-refractivity contribution in [2.75, 3.05) is 41.7 Å². The molecule has 4 aromatic rings. The Hall–Kier alpha value is -3.61. The summed E-state index contributed by atoms with van der Waals surface area (Å²) >= 11 is 3.03. The van der Waals surface area contributed by atoms with Crippen LogP contribution in [0.3, 0.4) is 0 Å². The first-order valence-electron chi connectivity index (χ1n) is 13.0. The molecule has 0 radical (unpaired) electrons. The van der Waals surface area contributed by atoms with E-state index in [-0.39, 0.29) is 11.8 Å². The first-order chi connectivity index (χ1) is 19.1. The van der Waals surface area contributed by atoms with Crippen LogP contribution in [-0.4, -0.2) is 61.9 Å². The molecule has 1 aliphatic carbocycles. The number of amides is 1. The fraction of sp³-hybridized carbons (Fsp3) is 0.333. The Kier molecular flexibility index (Phi) is 7.66. The molecule has 1 aliphatic heterocycles. The van der Waals surface area contributed by atoms with Gasteiger partial charge in [-0.2, -0.15) is 15.0 Å². The monoisotopic (exact) mass is 559 g/mol. The second kappa shape index (κ2) is 11.6. The Balaban J connectivity index is 1.16. The molecule has 10 nitrogen and oxygen atoms in total. The maximum Gasteiger partial charge on any atom is 0.234 e. The highest BCUT2D eigenvalue weighted by Crippen LogP contribution is 2.32. The largest absolute Gasteiger partial charge is 0.338 e. The quantitative estimate of drug-likeness (QED) is 0.302. The summed E-state index contributed by atoms with van der Waals surface area (Å²) < 4.78 is 0. The molecule has 1 saturated heterocycles. The topological polar surface area (TPSA) is 112 Å². The van der Waals surface area contributed by atoms with Crippen LogP contribution in [0.2, 0.25) is 0 Å². The summed E-state index contributed by atoms with van der Waals surface area (Å²) in [6, 6.07) is 11.9. The van der Waals surface area contributed by atoms with E-state index in [9.17, 15) is 4.79 Å². The van der Waals surface area contributed by atoms with Gasteiger partial charge in [0.25, 0.3) is 0 Å². The zero-order chi connectivity index (χ0) is 26.6. The highest BCUT2D eigenvalue weighted by molar-refractivity contribution is 7.99. The van der Waals surface area contributed by atoms with Gasteiger partial charge in [0, 0.05) is 72.7 Å². The molecular formula is C27H29N9OS2. The third kappa shape index (κ3) is 6.88. The number of rotatable bonds is 9. The van der Waals surface area contributed by atoms with Crippen molar-refractivity contribution in [1.29, 1.82) is 0 Å². The first kappa shape index (κ1) is 25.7. The van der Waals surface area contributed by atoms with Crippen molar-refractivity contribution in [3.8, 4) is 0 Å². The fourth-order valence-electron chi connectivity index (χ4n) is 4.25. The van der Waals surface area contributed by atoms with Gasteiger partial charge < -0.3 is 10.2 Å². The van der Waals surface area contributed by atoms with Crippen molar-refractivity contribution in [3.05, 3.63) is 65.4 Å². The van der Waals surface area contributed by atoms with Crippen molar-refractivity contribution in [1.82, 2.24) is 29.8 Å². The number of nitrogens with zero attached hydrogens (tertiary/aromatic N) is 7. The number of hydrogen-bond acceptors (Lipinski definition) is 11. The lowest BCUT2D eigenvalue weighted by Gasteiger charge is -2.34. The second-order valence-corrected chi connectivity index (χ2v) is 11.9. The maximum absolute atomic E-state index is 12.1. The molecule has 0 unspecified atom stereocenters. The molecule has 4 heterocycles. The Bertz CT molecular complexity index is 1420. The van der Waals surface area contributed by atoms with Gasteiger partial charge in [-0.3, -0.25) is 20.0 Å². The van der Waals surface area contributed by atoms with Crippen molar-refractivity contribution >= 4 is 51.7 Å². The SMILES string of the molecule is Cc1cnc(Nc2nc(Sc3ccc(NC(=O)C4CC4)cc3)nc(N3CCN(Cc4ccncc4)CC3)n2)s1. The van der Waals surface area contributed by atoms with Crippen LogP contribution in [0.4, 0.5) is 22.7 Å². The molecule has 39 heavy (non-hydrogen) atoms. The van der Waals surface area contributed by atoms with Gasteiger partial charge in [0.1, 0.15) is 0 Å². The van der Waals surface area contributed by atoms with Gasteiger partial charge in [0.15, 0.2) is 10.3 Å². The predicted octanol–water partition coefficient (Wildman–Crippen LogP) is 4.60. The van der Waals surface area contributed by atoms with E-state index in [0.29, 0.717) is 17.1 Å². The number of anilines is 4. The lowest BCUT2D eigenvalue weighted by atomic mass is 10.2. The maximum atomic E-state index is 12.1. The number of carbonyl (C=O) groups is 1. The lowest BCUT2D eigenvalue weighted by Crippen LogP contribution is -2.46. The zero-order valence-electron chi connectivity index (χ0n) is 21.6. The summed E-state index contributed by atoms with van der Waals surface area (Å²) in [6.07, 6.45) is 7.48. The van der Waals surface area contributed by atoms with Crippen molar-refractivity contribution in [2.24, 2.45) is 5.92 Å². The number of aromatic nitrogens is 5. The van der Waals surface area contributed by atoms with E-state index in [0.717, 1.165) is 66.2 Å². The minimum Gasteiger partial charge on any atom is -0.338 e. The number of pyridine rings is 1. The number of carbonyl (C=O) groups excluding carboxylic acids is 1. The van der Waals surface area contributed by atoms with Crippen LogP contribution in [0.5, 0.6) is 0 Å². The van der Waals surface area contributed by atoms with Gasteiger partial charge in [-0.15, -0.1) is 11.3 Å². The van der Waals surface area contributed by atoms with Crippen LogP contribution < -0.4 is 15.5 Å². The van der Waals surface area contributed by atoms with E-state index in [4.69, 9.17) is 9.97 Å². The molecule has 0 atom stereocenters. The number of hydrogen-bond donors (Lipinski definition) is 2. The average molecular weight is 560 g/mol. The Morgan fingerprint density at radius 1 is 1.03 bits per heavy atom. The number of aryl methyl sites for hydroxylation is 1. The molecular weight excluding hydrogens is 530 g/mol. The highest BCUT2D eigenvalue weighted by Gasteiger charge is 2.29. The van der Waals surface area contributed by atoms with Crippen molar-refractivity contribution in [2.45, 2.75) is 36.4 Å². The summed E-state index contributed by atoms with van der Waals surface area (Å²) in [6.45, 7) is 6.40. The zero-order valence-corrected chi connectivity index (χ0v) is 23.2. The first-order valence-corrected chi connectivity index (χ1v) is 14.6. The van der Waals surface area contributed by atoms with Gasteiger partial charge in [0.05, 0.1) is 0 Å². The van der Waals surface area contributed by atoms with Crippen LogP contribution in [-0.2, 0) is 11.3 Å². The summed E-state index contributed by atoms with van der Waals surface area (Å²) in [5.74, 6) is 1.41. The summed E-state index contributed by atoms with van der Waals surface area (Å²) in [5, 5.41) is 7.60. The standard InChI is InChI=1S/C27H29N9OS2/c1-18-16-29-26(38-18)32-24-31-25(36-14-12-35(13-15-36)17-19-8-10-28-11-9-19)34-27(33-24)39-22-6-4-21(5-7-22)30-23(37)20-2-3-20/h4-11,16,20H,2-3,12-15,17H2,1H3,(H,30,37)(H,29,31,32,33,34). The smallest absolute Gasteiger partial charge is 0.234 e. The van der Waals surface area contributed by atoms with Crippen LogP contribution in [0.15, 0.2) is 65.0 Å². The summed E-state index contributed by atoms with van der Waals surface area (Å²) in [7, 11) is 0. The summed E-state index contributed by atoms with van der Waals surface area (Å²) in [4.78, 5) is 41.6. The van der Waals surface area contributed by atoms with Crippen molar-refractivity contribution < 1.29 is 4.79 Å². The van der Waals surface area contributed by atoms with Crippen LogP contribution in [0.1, 0.15) is 23.3 Å². The molecule has 3 aromatic heterocycles.